The van der Waals surface area contributed by atoms with Crippen LogP contribution in [0.3, 0.4) is 0 Å². The Morgan fingerprint density at radius 2 is 2.13 bits per heavy atom. The number of piperidine rings is 1. The minimum atomic E-state index is 0.216. The molecule has 10 heteroatoms. The first kappa shape index (κ1) is 20.8. The molecule has 0 aliphatic carbocycles. The molecule has 1 saturated heterocycles. The molecule has 3 aromatic rings. The number of hydrogen-bond donors (Lipinski definition) is 2. The molecule has 160 valence electrons. The van der Waals surface area contributed by atoms with E-state index in [1.807, 2.05) is 24.0 Å². The Morgan fingerprint density at radius 3 is 2.77 bits per heavy atom. The number of rotatable bonds is 5. The standard InChI is InChI=1S/C20H27BrN8O/c1-11(2)28-10-14(8-24-28)15-9-25-29-19(22)17(21)18(26-20(15)29)13-5-6-16(23-7-13)12(3)27-30-4/h8-11,13,16,23H,5-7,22H2,1-4H3/b27-12+. The number of oxime groups is 1. The maximum Gasteiger partial charge on any atom is 0.165 e. The predicted octanol–water partition coefficient (Wildman–Crippen LogP) is 3.38. The van der Waals surface area contributed by atoms with E-state index < -0.39 is 0 Å². The van der Waals surface area contributed by atoms with Gasteiger partial charge in [-0.3, -0.25) is 4.68 Å². The molecule has 2 atom stereocenters. The normalized spacial score (nSPS) is 20.3. The van der Waals surface area contributed by atoms with Crippen LogP contribution >= 0.6 is 15.9 Å². The zero-order valence-electron chi connectivity index (χ0n) is 17.6. The first-order valence-electron chi connectivity index (χ1n) is 10.1. The minimum Gasteiger partial charge on any atom is -0.399 e. The summed E-state index contributed by atoms with van der Waals surface area (Å²) in [5, 5.41) is 16.5. The summed E-state index contributed by atoms with van der Waals surface area (Å²) in [6.45, 7) is 6.97. The number of aromatic nitrogens is 5. The summed E-state index contributed by atoms with van der Waals surface area (Å²) in [7, 11) is 1.57. The summed E-state index contributed by atoms with van der Waals surface area (Å²) in [6.07, 6.45) is 7.60. The average molecular weight is 475 g/mol. The maximum absolute atomic E-state index is 6.42. The molecule has 30 heavy (non-hydrogen) atoms. The van der Waals surface area contributed by atoms with Crippen molar-refractivity contribution in [2.45, 2.75) is 51.6 Å². The lowest BCUT2D eigenvalue weighted by Crippen LogP contribution is -2.42. The van der Waals surface area contributed by atoms with Gasteiger partial charge in [-0.25, -0.2) is 4.98 Å². The average Bonchev–Trinajstić information content (AvgIpc) is 3.38. The van der Waals surface area contributed by atoms with Gasteiger partial charge in [0.1, 0.15) is 12.9 Å². The van der Waals surface area contributed by atoms with Crippen LogP contribution in [0.2, 0.25) is 0 Å². The number of nitrogen functional groups attached to an aromatic ring is 1. The van der Waals surface area contributed by atoms with Gasteiger partial charge < -0.3 is 15.9 Å². The molecular formula is C20H27BrN8O. The third kappa shape index (κ3) is 3.69. The van der Waals surface area contributed by atoms with Gasteiger partial charge in [-0.1, -0.05) is 5.16 Å². The summed E-state index contributed by atoms with van der Waals surface area (Å²) in [5.74, 6) is 0.788. The number of nitrogens with zero attached hydrogens (tertiary/aromatic N) is 6. The van der Waals surface area contributed by atoms with E-state index in [1.54, 1.807) is 17.8 Å². The Labute approximate surface area is 183 Å². The predicted molar refractivity (Wildman–Crippen MR) is 121 cm³/mol. The van der Waals surface area contributed by atoms with Gasteiger partial charge in [0.25, 0.3) is 0 Å². The van der Waals surface area contributed by atoms with Crippen molar-refractivity contribution in [3.63, 3.8) is 0 Å². The molecule has 3 N–H and O–H groups in total. The van der Waals surface area contributed by atoms with Crippen molar-refractivity contribution in [3.05, 3.63) is 28.8 Å². The molecule has 0 amide bonds. The Balaban J connectivity index is 1.68. The molecule has 2 unspecified atom stereocenters. The lowest BCUT2D eigenvalue weighted by Gasteiger charge is -2.30. The first-order chi connectivity index (χ1) is 14.4. The van der Waals surface area contributed by atoms with Gasteiger partial charge in [-0.15, -0.1) is 0 Å². The Kier molecular flexibility index (Phi) is 5.79. The van der Waals surface area contributed by atoms with E-state index in [0.29, 0.717) is 5.82 Å². The van der Waals surface area contributed by atoms with E-state index in [-0.39, 0.29) is 18.0 Å². The molecule has 0 spiro atoms. The zero-order valence-corrected chi connectivity index (χ0v) is 19.2. The van der Waals surface area contributed by atoms with E-state index in [1.165, 1.54) is 0 Å². The topological polar surface area (TPSA) is 108 Å². The monoisotopic (exact) mass is 474 g/mol. The second-order valence-electron chi connectivity index (χ2n) is 7.94. The summed E-state index contributed by atoms with van der Waals surface area (Å²) in [5.41, 5.74) is 11.0. The van der Waals surface area contributed by atoms with Crippen molar-refractivity contribution in [1.29, 1.82) is 0 Å². The van der Waals surface area contributed by atoms with Crippen LogP contribution in [-0.4, -0.2) is 49.8 Å². The highest BCUT2D eigenvalue weighted by Crippen LogP contribution is 2.35. The van der Waals surface area contributed by atoms with E-state index in [0.717, 1.165) is 52.0 Å². The second kappa shape index (κ2) is 8.35. The number of fused-ring (bicyclic) bond motifs is 1. The number of nitrogens with one attached hydrogen (secondary N) is 1. The molecule has 0 radical (unpaired) electrons. The van der Waals surface area contributed by atoms with E-state index in [2.05, 4.69) is 50.4 Å². The smallest absolute Gasteiger partial charge is 0.165 e. The van der Waals surface area contributed by atoms with E-state index in [9.17, 15) is 0 Å². The zero-order chi connectivity index (χ0) is 21.4. The number of nitrogens with two attached hydrogens (primary N) is 1. The molecule has 9 nitrogen and oxygen atoms in total. The van der Waals surface area contributed by atoms with Crippen LogP contribution in [0.1, 0.15) is 51.3 Å². The van der Waals surface area contributed by atoms with Crippen LogP contribution in [-0.2, 0) is 4.84 Å². The SMILES string of the molecule is CO/N=C(\C)C1CCC(c2nc3c(-c4cnn(C(C)C)c4)cnn3c(N)c2Br)CN1. The van der Waals surface area contributed by atoms with Crippen LogP contribution in [0.15, 0.2) is 28.2 Å². The van der Waals surface area contributed by atoms with Crippen LogP contribution in [0.25, 0.3) is 16.8 Å². The molecule has 1 aliphatic rings. The van der Waals surface area contributed by atoms with Crippen molar-refractivity contribution < 1.29 is 4.84 Å². The summed E-state index contributed by atoms with van der Waals surface area (Å²) >= 11 is 3.66. The first-order valence-corrected chi connectivity index (χ1v) is 10.9. The third-order valence-electron chi connectivity index (χ3n) is 5.63. The van der Waals surface area contributed by atoms with Crippen molar-refractivity contribution in [2.75, 3.05) is 19.4 Å². The molecule has 3 aromatic heterocycles. The number of anilines is 1. The molecule has 0 bridgehead atoms. The van der Waals surface area contributed by atoms with Crippen molar-refractivity contribution >= 4 is 33.1 Å². The molecule has 0 saturated carbocycles. The van der Waals surface area contributed by atoms with E-state index >= 15 is 0 Å². The largest absolute Gasteiger partial charge is 0.399 e. The molecule has 0 aromatic carbocycles. The highest BCUT2D eigenvalue weighted by molar-refractivity contribution is 9.10. The fourth-order valence-electron chi connectivity index (χ4n) is 3.90. The highest BCUT2D eigenvalue weighted by atomic mass is 79.9. The van der Waals surface area contributed by atoms with Crippen molar-refractivity contribution in [3.8, 4) is 11.1 Å². The quantitative estimate of drug-likeness (QED) is 0.433. The lowest BCUT2D eigenvalue weighted by molar-refractivity contribution is 0.210. The van der Waals surface area contributed by atoms with Gasteiger partial charge in [0.2, 0.25) is 0 Å². The second-order valence-corrected chi connectivity index (χ2v) is 8.74. The third-order valence-corrected chi connectivity index (χ3v) is 6.44. The summed E-state index contributed by atoms with van der Waals surface area (Å²) in [6, 6.07) is 0.503. The van der Waals surface area contributed by atoms with Gasteiger partial charge in [0.05, 0.1) is 28.3 Å². The maximum atomic E-state index is 6.42. The fourth-order valence-corrected chi connectivity index (χ4v) is 4.48. The Bertz CT molecular complexity index is 1080. The minimum absolute atomic E-state index is 0.216. The van der Waals surface area contributed by atoms with Crippen LogP contribution in [0, 0.1) is 0 Å². The van der Waals surface area contributed by atoms with Crippen molar-refractivity contribution in [2.24, 2.45) is 5.16 Å². The number of halogens is 1. The summed E-state index contributed by atoms with van der Waals surface area (Å²) in [4.78, 5) is 9.91. The van der Waals surface area contributed by atoms with Gasteiger partial charge >= 0.3 is 0 Å². The van der Waals surface area contributed by atoms with Crippen LogP contribution in [0.5, 0.6) is 0 Å². The van der Waals surface area contributed by atoms with Gasteiger partial charge in [0.15, 0.2) is 5.65 Å². The Morgan fingerprint density at radius 1 is 1.33 bits per heavy atom. The molecule has 4 heterocycles. The van der Waals surface area contributed by atoms with Crippen LogP contribution < -0.4 is 11.1 Å². The van der Waals surface area contributed by atoms with Gasteiger partial charge in [0, 0.05) is 41.9 Å². The van der Waals surface area contributed by atoms with Gasteiger partial charge in [-0.2, -0.15) is 14.7 Å². The van der Waals surface area contributed by atoms with Crippen LogP contribution in [0.4, 0.5) is 5.82 Å². The van der Waals surface area contributed by atoms with Gasteiger partial charge in [-0.05, 0) is 49.5 Å². The molecule has 4 rings (SSSR count). The fraction of sp³-hybridized carbons (Fsp3) is 0.500. The Hall–Kier alpha value is -2.46. The lowest BCUT2D eigenvalue weighted by atomic mass is 9.90. The highest BCUT2D eigenvalue weighted by Gasteiger charge is 2.28. The molecule has 1 fully saturated rings. The molecule has 1 aliphatic heterocycles. The number of hydrogen-bond acceptors (Lipinski definition) is 7. The summed E-state index contributed by atoms with van der Waals surface area (Å²) < 4.78 is 4.41. The van der Waals surface area contributed by atoms with Crippen molar-refractivity contribution in [1.82, 2.24) is 29.7 Å². The van der Waals surface area contributed by atoms with E-state index in [4.69, 9.17) is 15.6 Å². The molecular weight excluding hydrogens is 448 g/mol.